The van der Waals surface area contributed by atoms with Crippen molar-refractivity contribution in [3.8, 4) is 0 Å². The molecule has 0 radical (unpaired) electrons. The van der Waals surface area contributed by atoms with Crippen LogP contribution in [0.4, 0.5) is 0 Å². The van der Waals surface area contributed by atoms with Crippen molar-refractivity contribution in [1.82, 2.24) is 10.2 Å². The van der Waals surface area contributed by atoms with Crippen LogP contribution in [0.3, 0.4) is 0 Å². The fourth-order valence-corrected chi connectivity index (χ4v) is 1.49. The predicted octanol–water partition coefficient (Wildman–Crippen LogP) is 1.05. The van der Waals surface area contributed by atoms with Gasteiger partial charge < -0.3 is 9.64 Å². The van der Waals surface area contributed by atoms with E-state index in [1.807, 2.05) is 30.3 Å². The predicted molar refractivity (Wildman–Crippen MR) is 67.8 cm³/mol. The van der Waals surface area contributed by atoms with Gasteiger partial charge in [0.15, 0.2) is 0 Å². The monoisotopic (exact) mass is 236 g/mol. The lowest BCUT2D eigenvalue weighted by molar-refractivity contribution is -0.127. The second kappa shape index (κ2) is 7.04. The van der Waals surface area contributed by atoms with Gasteiger partial charge in [0.25, 0.3) is 0 Å². The third kappa shape index (κ3) is 4.54. The molecule has 0 saturated carbocycles. The lowest BCUT2D eigenvalue weighted by Gasteiger charge is -2.19. The first kappa shape index (κ1) is 13.7. The van der Waals surface area contributed by atoms with Crippen LogP contribution >= 0.6 is 0 Å². The third-order valence-electron chi connectivity index (χ3n) is 2.53. The summed E-state index contributed by atoms with van der Waals surface area (Å²) in [5.41, 5.74) is 1.13. The number of methoxy groups -OCH3 is 1. The van der Waals surface area contributed by atoms with E-state index >= 15 is 0 Å². The highest BCUT2D eigenvalue weighted by atomic mass is 16.5. The van der Waals surface area contributed by atoms with Gasteiger partial charge in [0.2, 0.25) is 5.91 Å². The number of ether oxygens (including phenoxy) is 1. The van der Waals surface area contributed by atoms with Gasteiger partial charge in [0.1, 0.15) is 0 Å². The van der Waals surface area contributed by atoms with Gasteiger partial charge in [-0.05, 0) is 5.56 Å². The Labute approximate surface area is 103 Å². The van der Waals surface area contributed by atoms with Gasteiger partial charge in [0.05, 0.1) is 19.2 Å². The highest BCUT2D eigenvalue weighted by Crippen LogP contribution is 2.12. The average Bonchev–Trinajstić information content (AvgIpc) is 2.35. The molecule has 17 heavy (non-hydrogen) atoms. The minimum Gasteiger partial charge on any atom is -0.383 e. The van der Waals surface area contributed by atoms with Gasteiger partial charge in [-0.3, -0.25) is 10.1 Å². The van der Waals surface area contributed by atoms with E-state index in [1.54, 1.807) is 26.1 Å². The highest BCUT2D eigenvalue weighted by Gasteiger charge is 2.12. The van der Waals surface area contributed by atoms with Crippen molar-refractivity contribution >= 4 is 5.91 Å². The molecule has 0 aromatic heterocycles. The third-order valence-corrected chi connectivity index (χ3v) is 2.53. The summed E-state index contributed by atoms with van der Waals surface area (Å²) in [4.78, 5) is 13.1. The number of hydrogen-bond donors (Lipinski definition) is 1. The molecule has 0 spiro atoms. The highest BCUT2D eigenvalue weighted by molar-refractivity contribution is 5.77. The Kier molecular flexibility index (Phi) is 5.66. The van der Waals surface area contributed by atoms with Crippen molar-refractivity contribution in [3.63, 3.8) is 0 Å². The zero-order valence-corrected chi connectivity index (χ0v) is 10.6. The van der Waals surface area contributed by atoms with E-state index in [9.17, 15) is 4.79 Å². The number of hydrogen-bond acceptors (Lipinski definition) is 3. The quantitative estimate of drug-likeness (QED) is 0.803. The molecule has 1 aromatic carbocycles. The van der Waals surface area contributed by atoms with Crippen LogP contribution in [0, 0.1) is 0 Å². The molecule has 0 aliphatic carbocycles. The van der Waals surface area contributed by atoms with Gasteiger partial charge in [-0.15, -0.1) is 0 Å². The van der Waals surface area contributed by atoms with Gasteiger partial charge >= 0.3 is 0 Å². The first-order chi connectivity index (χ1) is 8.15. The van der Waals surface area contributed by atoms with E-state index in [-0.39, 0.29) is 11.9 Å². The molecular formula is C13H20N2O2. The van der Waals surface area contributed by atoms with Crippen LogP contribution in [-0.4, -0.2) is 45.2 Å². The average molecular weight is 236 g/mol. The van der Waals surface area contributed by atoms with E-state index in [4.69, 9.17) is 4.74 Å². The zero-order valence-electron chi connectivity index (χ0n) is 10.6. The molecule has 4 nitrogen and oxygen atoms in total. The molecule has 0 bridgehead atoms. The van der Waals surface area contributed by atoms with Crippen LogP contribution in [0.1, 0.15) is 11.6 Å². The van der Waals surface area contributed by atoms with Crippen LogP contribution in [-0.2, 0) is 9.53 Å². The molecule has 0 fully saturated rings. The van der Waals surface area contributed by atoms with Crippen LogP contribution in [0.25, 0.3) is 0 Å². The van der Waals surface area contributed by atoms with Crippen molar-refractivity contribution in [2.45, 2.75) is 6.04 Å². The number of nitrogens with zero attached hydrogens (tertiary/aromatic N) is 1. The standard InChI is InChI=1S/C13H20N2O2/c1-15(2)13(16)9-14-12(10-17-3)11-7-5-4-6-8-11/h4-8,12,14H,9-10H2,1-3H3. The molecule has 1 amide bonds. The van der Waals surface area contributed by atoms with Gasteiger partial charge in [-0.25, -0.2) is 0 Å². The summed E-state index contributed by atoms with van der Waals surface area (Å²) < 4.78 is 5.16. The molecule has 0 aliphatic heterocycles. The Bertz CT molecular complexity index is 339. The van der Waals surface area contributed by atoms with Crippen LogP contribution < -0.4 is 5.32 Å². The molecule has 1 atom stereocenters. The Hall–Kier alpha value is -1.39. The Morgan fingerprint density at radius 1 is 1.35 bits per heavy atom. The van der Waals surface area contributed by atoms with Crippen molar-refractivity contribution in [2.75, 3.05) is 34.4 Å². The second-order valence-corrected chi connectivity index (χ2v) is 4.09. The summed E-state index contributed by atoms with van der Waals surface area (Å²) in [5, 5.41) is 3.20. The zero-order chi connectivity index (χ0) is 12.7. The minimum absolute atomic E-state index is 0.0464. The molecule has 0 saturated heterocycles. The maximum atomic E-state index is 11.5. The Balaban J connectivity index is 2.58. The normalized spacial score (nSPS) is 12.2. The second-order valence-electron chi connectivity index (χ2n) is 4.09. The maximum absolute atomic E-state index is 11.5. The SMILES string of the molecule is COCC(NCC(=O)N(C)C)c1ccccc1. The van der Waals surface area contributed by atoms with E-state index in [1.165, 1.54) is 0 Å². The molecule has 4 heteroatoms. The van der Waals surface area contributed by atoms with Crippen molar-refractivity contribution in [2.24, 2.45) is 0 Å². The summed E-state index contributed by atoms with van der Waals surface area (Å²) in [5.74, 6) is 0.0574. The molecule has 1 aromatic rings. The van der Waals surface area contributed by atoms with Gasteiger partial charge in [-0.2, -0.15) is 0 Å². The molecule has 1 rings (SSSR count). The molecule has 0 heterocycles. The van der Waals surface area contributed by atoms with E-state index in [0.29, 0.717) is 13.2 Å². The lowest BCUT2D eigenvalue weighted by Crippen LogP contribution is -2.36. The number of carbonyl (C=O) groups is 1. The largest absolute Gasteiger partial charge is 0.383 e. The topological polar surface area (TPSA) is 41.6 Å². The van der Waals surface area contributed by atoms with Crippen molar-refractivity contribution in [1.29, 1.82) is 0 Å². The molecule has 0 aliphatic rings. The van der Waals surface area contributed by atoms with Gasteiger partial charge in [-0.1, -0.05) is 30.3 Å². The maximum Gasteiger partial charge on any atom is 0.236 e. The Morgan fingerprint density at radius 3 is 2.53 bits per heavy atom. The summed E-state index contributed by atoms with van der Waals surface area (Å²) in [6, 6.07) is 10.0. The smallest absolute Gasteiger partial charge is 0.236 e. The molecule has 1 N–H and O–H groups in total. The summed E-state index contributed by atoms with van der Waals surface area (Å²) in [6.45, 7) is 0.862. The van der Waals surface area contributed by atoms with Gasteiger partial charge in [0, 0.05) is 21.2 Å². The number of rotatable bonds is 6. The first-order valence-electron chi connectivity index (χ1n) is 5.62. The first-order valence-corrected chi connectivity index (χ1v) is 5.62. The fraction of sp³-hybridized carbons (Fsp3) is 0.462. The Morgan fingerprint density at radius 2 is 2.00 bits per heavy atom. The lowest BCUT2D eigenvalue weighted by atomic mass is 10.1. The number of likely N-dealkylation sites (N-methyl/N-ethyl adjacent to an activating group) is 1. The van der Waals surface area contributed by atoms with Crippen molar-refractivity contribution < 1.29 is 9.53 Å². The number of amides is 1. The molecule has 94 valence electrons. The molecular weight excluding hydrogens is 216 g/mol. The fourth-order valence-electron chi connectivity index (χ4n) is 1.49. The molecule has 1 unspecified atom stereocenters. The number of benzene rings is 1. The van der Waals surface area contributed by atoms with E-state index in [0.717, 1.165) is 5.56 Å². The van der Waals surface area contributed by atoms with Crippen LogP contribution in [0.2, 0.25) is 0 Å². The van der Waals surface area contributed by atoms with Crippen molar-refractivity contribution in [3.05, 3.63) is 35.9 Å². The minimum atomic E-state index is 0.0464. The summed E-state index contributed by atoms with van der Waals surface area (Å²) in [6.07, 6.45) is 0. The van der Waals surface area contributed by atoms with Crippen LogP contribution in [0.5, 0.6) is 0 Å². The summed E-state index contributed by atoms with van der Waals surface area (Å²) >= 11 is 0. The van der Waals surface area contributed by atoms with E-state index in [2.05, 4.69) is 5.32 Å². The summed E-state index contributed by atoms with van der Waals surface area (Å²) in [7, 11) is 5.15. The van der Waals surface area contributed by atoms with E-state index < -0.39 is 0 Å². The number of nitrogens with one attached hydrogen (secondary N) is 1. The van der Waals surface area contributed by atoms with Crippen LogP contribution in [0.15, 0.2) is 30.3 Å². The number of carbonyl (C=O) groups excluding carboxylic acids is 1.